The molecule has 0 aromatic rings. The smallest absolute Gasteiger partial charge is 0.148 e. The molecular weight excluding hydrogens is 140 g/mol. The van der Waals surface area contributed by atoms with Crippen molar-refractivity contribution in [2.24, 2.45) is 0 Å². The summed E-state index contributed by atoms with van der Waals surface area (Å²) in [5, 5.41) is 3.41. The second-order valence-electron chi connectivity index (χ2n) is 3.59. The molecule has 3 nitrogen and oxygen atoms in total. The number of hydrogen-bond donors (Lipinski definition) is 1. The zero-order chi connectivity index (χ0) is 8.01. The maximum atomic E-state index is 11.2. The van der Waals surface area contributed by atoms with Gasteiger partial charge in [0.25, 0.3) is 0 Å². The number of hydrogen-bond acceptors (Lipinski definition) is 3. The molecule has 11 heavy (non-hydrogen) atoms. The first-order valence-corrected chi connectivity index (χ1v) is 4.18. The van der Waals surface area contributed by atoms with Crippen LogP contribution in [0, 0.1) is 0 Å². The van der Waals surface area contributed by atoms with E-state index in [2.05, 4.69) is 10.2 Å². The minimum absolute atomic E-state index is 0.147. The summed E-state index contributed by atoms with van der Waals surface area (Å²) in [6, 6.07) is 0.580. The summed E-state index contributed by atoms with van der Waals surface area (Å²) in [5.41, 5.74) is 0. The fourth-order valence-electron chi connectivity index (χ4n) is 2.37. The van der Waals surface area contributed by atoms with E-state index in [0.29, 0.717) is 18.0 Å². The number of nitrogens with one attached hydrogen (secondary N) is 1. The second kappa shape index (κ2) is 2.29. The third-order valence-corrected chi connectivity index (χ3v) is 2.89. The molecule has 2 aliphatic heterocycles. The highest BCUT2D eigenvalue weighted by atomic mass is 16.1. The average molecular weight is 154 g/mol. The topological polar surface area (TPSA) is 32.3 Å². The number of rotatable bonds is 1. The van der Waals surface area contributed by atoms with E-state index in [1.807, 2.05) is 7.05 Å². The Bertz CT molecular complexity index is 191. The number of carbonyl (C=O) groups excluding carboxylic acids is 1. The third-order valence-electron chi connectivity index (χ3n) is 2.89. The van der Waals surface area contributed by atoms with Gasteiger partial charge in [-0.15, -0.1) is 0 Å². The molecule has 0 saturated carbocycles. The van der Waals surface area contributed by atoms with Crippen LogP contribution < -0.4 is 5.32 Å². The average Bonchev–Trinajstić information content (AvgIpc) is 2.44. The Kier molecular flexibility index (Phi) is 1.51. The van der Waals surface area contributed by atoms with Crippen LogP contribution >= 0.6 is 0 Å². The van der Waals surface area contributed by atoms with Gasteiger partial charge in [-0.25, -0.2) is 0 Å². The van der Waals surface area contributed by atoms with Crippen molar-refractivity contribution in [2.45, 2.75) is 38.0 Å². The van der Waals surface area contributed by atoms with Gasteiger partial charge in [-0.1, -0.05) is 0 Å². The molecule has 2 fully saturated rings. The van der Waals surface area contributed by atoms with Gasteiger partial charge < -0.3 is 0 Å². The molecule has 2 heterocycles. The van der Waals surface area contributed by atoms with E-state index in [0.717, 1.165) is 0 Å². The van der Waals surface area contributed by atoms with Crippen molar-refractivity contribution in [1.82, 2.24) is 10.2 Å². The van der Waals surface area contributed by atoms with Gasteiger partial charge in [-0.05, 0) is 26.8 Å². The maximum Gasteiger partial charge on any atom is 0.148 e. The molecule has 2 bridgehead atoms. The van der Waals surface area contributed by atoms with Crippen LogP contribution in [0.2, 0.25) is 0 Å². The van der Waals surface area contributed by atoms with Crippen molar-refractivity contribution in [2.75, 3.05) is 7.05 Å². The number of fused-ring (bicyclic) bond motifs is 2. The molecular formula is C8H14N2O. The number of likely N-dealkylation sites (tertiary alicyclic amines) is 1. The van der Waals surface area contributed by atoms with Crippen molar-refractivity contribution in [3.05, 3.63) is 0 Å². The second-order valence-corrected chi connectivity index (χ2v) is 3.59. The molecule has 0 aromatic heterocycles. The number of Topliss-reactive ketones (excluding diaryl/α,β-unsaturated/α-hetero) is 1. The molecule has 0 amide bonds. The molecule has 0 radical (unpaired) electrons. The van der Waals surface area contributed by atoms with Gasteiger partial charge >= 0.3 is 0 Å². The molecule has 2 aliphatic rings. The normalized spacial score (nSPS) is 43.3. The zero-order valence-electron chi connectivity index (χ0n) is 7.00. The van der Waals surface area contributed by atoms with E-state index >= 15 is 0 Å². The van der Waals surface area contributed by atoms with Gasteiger partial charge in [0.2, 0.25) is 0 Å². The first-order chi connectivity index (χ1) is 5.20. The lowest BCUT2D eigenvalue weighted by Gasteiger charge is -2.27. The molecule has 2 saturated heterocycles. The summed E-state index contributed by atoms with van der Waals surface area (Å²) in [7, 11) is 2.03. The Morgan fingerprint density at radius 3 is 2.64 bits per heavy atom. The van der Waals surface area contributed by atoms with Gasteiger partial charge in [-0.3, -0.25) is 15.0 Å². The van der Waals surface area contributed by atoms with E-state index in [1.165, 1.54) is 12.8 Å². The summed E-state index contributed by atoms with van der Waals surface area (Å²) in [6.45, 7) is 1.68. The molecule has 0 aliphatic carbocycles. The quantitative estimate of drug-likeness (QED) is 0.575. The number of nitrogens with zero attached hydrogens (tertiary/aromatic N) is 1. The van der Waals surface area contributed by atoms with E-state index < -0.39 is 0 Å². The van der Waals surface area contributed by atoms with Crippen LogP contribution in [0.1, 0.15) is 19.8 Å². The number of piperidine rings is 1. The summed E-state index contributed by atoms with van der Waals surface area (Å²) in [4.78, 5) is 13.3. The van der Waals surface area contributed by atoms with Crippen LogP contribution in [0.3, 0.4) is 0 Å². The molecule has 3 heteroatoms. The largest absolute Gasteiger partial charge is 0.298 e. The van der Waals surface area contributed by atoms with Gasteiger partial charge in [0.15, 0.2) is 0 Å². The Balaban J connectivity index is 2.17. The van der Waals surface area contributed by atoms with Crippen molar-refractivity contribution in [3.8, 4) is 0 Å². The van der Waals surface area contributed by atoms with E-state index in [-0.39, 0.29) is 6.04 Å². The monoisotopic (exact) mass is 154 g/mol. The molecule has 3 atom stereocenters. The summed E-state index contributed by atoms with van der Waals surface area (Å²) < 4.78 is 0. The van der Waals surface area contributed by atoms with Gasteiger partial charge in [-0.2, -0.15) is 0 Å². The predicted octanol–water partition coefficient (Wildman–Crippen LogP) is -0.0325. The van der Waals surface area contributed by atoms with Crippen LogP contribution in [-0.2, 0) is 4.79 Å². The van der Waals surface area contributed by atoms with Crippen LogP contribution in [0.5, 0.6) is 0 Å². The van der Waals surface area contributed by atoms with Crippen molar-refractivity contribution >= 4 is 5.78 Å². The highest BCUT2D eigenvalue weighted by Crippen LogP contribution is 2.29. The van der Waals surface area contributed by atoms with Crippen LogP contribution in [0.25, 0.3) is 0 Å². The standard InChI is InChI=1S/C8H14N2O/c1-5(11)8-6-3-4-7(9-6)10(8)2/h6-9H,3-4H2,1-2H3. The number of ketones is 1. The van der Waals surface area contributed by atoms with Gasteiger partial charge in [0, 0.05) is 6.04 Å². The SMILES string of the molecule is CC(=O)C1C2CCC(N2)N1C. The predicted molar refractivity (Wildman–Crippen MR) is 42.2 cm³/mol. The lowest BCUT2D eigenvalue weighted by Crippen LogP contribution is -2.43. The third kappa shape index (κ3) is 0.914. The van der Waals surface area contributed by atoms with Gasteiger partial charge in [0.1, 0.15) is 5.78 Å². The Hall–Kier alpha value is -0.410. The Morgan fingerprint density at radius 1 is 1.55 bits per heavy atom. The van der Waals surface area contributed by atoms with Crippen molar-refractivity contribution < 1.29 is 4.79 Å². The molecule has 62 valence electrons. The molecule has 1 N–H and O–H groups in total. The zero-order valence-corrected chi connectivity index (χ0v) is 7.00. The molecule has 3 unspecified atom stereocenters. The lowest BCUT2D eigenvalue weighted by atomic mass is 9.99. The Morgan fingerprint density at radius 2 is 2.27 bits per heavy atom. The summed E-state index contributed by atoms with van der Waals surface area (Å²) in [6.07, 6.45) is 2.83. The first-order valence-electron chi connectivity index (χ1n) is 4.18. The van der Waals surface area contributed by atoms with Crippen LogP contribution in [0.15, 0.2) is 0 Å². The van der Waals surface area contributed by atoms with Crippen LogP contribution in [0.4, 0.5) is 0 Å². The molecule has 2 rings (SSSR count). The van der Waals surface area contributed by atoms with Crippen LogP contribution in [-0.4, -0.2) is 36.0 Å². The fourth-order valence-corrected chi connectivity index (χ4v) is 2.37. The van der Waals surface area contributed by atoms with Crippen molar-refractivity contribution in [3.63, 3.8) is 0 Å². The number of carbonyl (C=O) groups is 1. The molecule has 0 spiro atoms. The highest BCUT2D eigenvalue weighted by Gasteiger charge is 2.45. The van der Waals surface area contributed by atoms with E-state index in [4.69, 9.17) is 0 Å². The summed E-state index contributed by atoms with van der Waals surface area (Å²) >= 11 is 0. The molecule has 0 aromatic carbocycles. The van der Waals surface area contributed by atoms with E-state index in [1.54, 1.807) is 6.92 Å². The van der Waals surface area contributed by atoms with Crippen molar-refractivity contribution in [1.29, 1.82) is 0 Å². The number of likely N-dealkylation sites (N-methyl/N-ethyl adjacent to an activating group) is 1. The minimum atomic E-state index is 0.147. The van der Waals surface area contributed by atoms with Gasteiger partial charge in [0.05, 0.1) is 12.2 Å². The lowest BCUT2D eigenvalue weighted by molar-refractivity contribution is -0.122. The highest BCUT2D eigenvalue weighted by molar-refractivity contribution is 5.82. The fraction of sp³-hybridized carbons (Fsp3) is 0.875. The Labute approximate surface area is 66.8 Å². The first kappa shape index (κ1) is 7.25. The van der Waals surface area contributed by atoms with E-state index in [9.17, 15) is 4.79 Å². The summed E-state index contributed by atoms with van der Waals surface area (Å²) in [5.74, 6) is 0.298. The minimum Gasteiger partial charge on any atom is -0.298 e. The maximum absolute atomic E-state index is 11.2.